The second kappa shape index (κ2) is 7.22. The van der Waals surface area contributed by atoms with Gasteiger partial charge in [-0.3, -0.25) is 4.79 Å². The van der Waals surface area contributed by atoms with Gasteiger partial charge in [-0.25, -0.2) is 4.68 Å². The van der Waals surface area contributed by atoms with Crippen molar-refractivity contribution < 1.29 is 9.53 Å². The van der Waals surface area contributed by atoms with Crippen LogP contribution in [0.5, 0.6) is 0 Å². The molecule has 3 heterocycles. The molecule has 1 amide bonds. The van der Waals surface area contributed by atoms with E-state index in [1.165, 1.54) is 22.2 Å². The lowest BCUT2D eigenvalue weighted by Gasteiger charge is -2.17. The van der Waals surface area contributed by atoms with Crippen LogP contribution in [0.3, 0.4) is 0 Å². The molecule has 1 saturated heterocycles. The number of nitrogens with zero attached hydrogens (tertiary/aromatic N) is 6. The van der Waals surface area contributed by atoms with Gasteiger partial charge in [0.1, 0.15) is 10.0 Å². The molecule has 1 aliphatic rings. The topological polar surface area (TPSA) is 119 Å². The number of aromatic nitrogens is 5. The molecule has 0 spiro atoms. The van der Waals surface area contributed by atoms with Gasteiger partial charge >= 0.3 is 0 Å². The van der Waals surface area contributed by atoms with E-state index in [9.17, 15) is 10.1 Å². The third-order valence-corrected chi connectivity index (χ3v) is 5.23. The molecule has 1 N–H and O–H groups in total. The summed E-state index contributed by atoms with van der Waals surface area (Å²) in [5.74, 6) is -0.385. The lowest BCUT2D eigenvalue weighted by Crippen LogP contribution is -2.33. The summed E-state index contributed by atoms with van der Waals surface area (Å²) in [5.41, 5.74) is 0.232. The van der Waals surface area contributed by atoms with Gasteiger partial charge in [-0.1, -0.05) is 46.9 Å². The maximum Gasteiger partial charge on any atom is 0.273 e. The van der Waals surface area contributed by atoms with Gasteiger partial charge in [0.15, 0.2) is 11.2 Å². The number of carbonyl (C=O) groups is 1. The van der Waals surface area contributed by atoms with Crippen LogP contribution in [-0.4, -0.2) is 44.3 Å². The third kappa shape index (κ3) is 3.42. The van der Waals surface area contributed by atoms with Crippen molar-refractivity contribution in [2.24, 2.45) is 0 Å². The van der Waals surface area contributed by atoms with Crippen LogP contribution in [0.1, 0.15) is 21.9 Å². The largest absolute Gasteiger partial charge is 0.378 e. The van der Waals surface area contributed by atoms with Crippen molar-refractivity contribution in [1.82, 2.24) is 30.5 Å². The fourth-order valence-corrected chi connectivity index (χ4v) is 3.50. The molecule has 4 rings (SSSR count). The number of amides is 1. The number of hydrogen-bond acceptors (Lipinski definition) is 8. The molecule has 0 aliphatic carbocycles. The average Bonchev–Trinajstić information content (AvgIpc) is 3.47. The highest BCUT2D eigenvalue weighted by molar-refractivity contribution is 7.14. The first kappa shape index (κ1) is 17.3. The predicted octanol–water partition coefficient (Wildman–Crippen LogP) is 1.37. The lowest BCUT2D eigenvalue weighted by atomic mass is 10.0. The normalized spacial score (nSPS) is 18.9. The zero-order chi connectivity index (χ0) is 18.7. The molecule has 136 valence electrons. The summed E-state index contributed by atoms with van der Waals surface area (Å²) in [6, 6.07) is 11.9. The maximum absolute atomic E-state index is 12.3. The van der Waals surface area contributed by atoms with Crippen LogP contribution in [0.4, 0.5) is 0 Å². The number of ether oxygens (including phenoxy) is 1. The van der Waals surface area contributed by atoms with E-state index < -0.39 is 5.54 Å². The van der Waals surface area contributed by atoms with E-state index in [1.807, 2.05) is 30.3 Å². The van der Waals surface area contributed by atoms with Gasteiger partial charge in [-0.05, 0) is 0 Å². The number of hydrogen-bond donors (Lipinski definition) is 1. The molecule has 1 atom stereocenters. The average molecular weight is 381 g/mol. The Morgan fingerprint density at radius 2 is 2.19 bits per heavy atom. The maximum atomic E-state index is 12.3. The van der Waals surface area contributed by atoms with Gasteiger partial charge < -0.3 is 10.1 Å². The first-order valence-electron chi connectivity index (χ1n) is 8.28. The van der Waals surface area contributed by atoms with Crippen molar-refractivity contribution in [2.45, 2.75) is 18.5 Å². The molecular formula is C17H15N7O2S. The van der Waals surface area contributed by atoms with Gasteiger partial charge in [0.25, 0.3) is 5.91 Å². The minimum atomic E-state index is -0.894. The second-order valence-electron chi connectivity index (χ2n) is 6.04. The minimum absolute atomic E-state index is 0.143. The van der Waals surface area contributed by atoms with Crippen LogP contribution in [-0.2, 0) is 16.8 Å². The summed E-state index contributed by atoms with van der Waals surface area (Å²) in [4.78, 5) is 12.3. The van der Waals surface area contributed by atoms with E-state index in [4.69, 9.17) is 4.74 Å². The van der Waals surface area contributed by atoms with Crippen LogP contribution in [0, 0.1) is 11.3 Å². The number of rotatable bonds is 5. The Kier molecular flexibility index (Phi) is 4.62. The van der Waals surface area contributed by atoms with Crippen LogP contribution >= 0.6 is 11.3 Å². The minimum Gasteiger partial charge on any atom is -0.378 e. The fourth-order valence-electron chi connectivity index (χ4n) is 2.72. The van der Waals surface area contributed by atoms with Gasteiger partial charge in [0, 0.05) is 12.0 Å². The van der Waals surface area contributed by atoms with Gasteiger partial charge in [-0.15, -0.1) is 15.3 Å². The third-order valence-electron chi connectivity index (χ3n) is 4.26. The van der Waals surface area contributed by atoms with Gasteiger partial charge in [0.2, 0.25) is 0 Å². The highest BCUT2D eigenvalue weighted by Crippen LogP contribution is 2.26. The van der Waals surface area contributed by atoms with Crippen LogP contribution < -0.4 is 5.32 Å². The Bertz CT molecular complexity index is 986. The van der Waals surface area contributed by atoms with Crippen molar-refractivity contribution in [2.75, 3.05) is 13.2 Å². The molecule has 1 aliphatic heterocycles. The number of nitriles is 1. The van der Waals surface area contributed by atoms with Crippen LogP contribution in [0.2, 0.25) is 0 Å². The molecule has 1 fully saturated rings. The Labute approximate surface area is 158 Å². The molecule has 10 heteroatoms. The SMILES string of the molecule is N#CC1(n2cc(C(=O)NCc3nnc(-c4ccccc4)s3)nn2)CCOC1. The van der Waals surface area contributed by atoms with Crippen molar-refractivity contribution in [3.05, 3.63) is 47.2 Å². The van der Waals surface area contributed by atoms with Crippen molar-refractivity contribution in [3.63, 3.8) is 0 Å². The Hall–Kier alpha value is -3.16. The Morgan fingerprint density at radius 1 is 1.33 bits per heavy atom. The van der Waals surface area contributed by atoms with E-state index in [2.05, 4.69) is 31.9 Å². The summed E-state index contributed by atoms with van der Waals surface area (Å²) in [7, 11) is 0. The summed E-state index contributed by atoms with van der Waals surface area (Å²) in [6.45, 7) is 0.958. The van der Waals surface area contributed by atoms with Gasteiger partial charge in [-0.2, -0.15) is 5.26 Å². The van der Waals surface area contributed by atoms with E-state index in [-0.39, 0.29) is 24.8 Å². The molecule has 27 heavy (non-hydrogen) atoms. The fraction of sp³-hybridized carbons (Fsp3) is 0.294. The molecule has 2 aromatic heterocycles. The standard InChI is InChI=1S/C17H15N7O2S/c18-10-17(6-7-26-11-17)24-9-13(20-23-24)15(25)19-8-14-21-22-16(27-14)12-4-2-1-3-5-12/h1-5,9H,6-8,11H2,(H,19,25). The summed E-state index contributed by atoms with van der Waals surface area (Å²) in [5, 5.41) is 29.7. The van der Waals surface area contributed by atoms with Crippen LogP contribution in [0.15, 0.2) is 36.5 Å². The number of nitrogens with one attached hydrogen (secondary N) is 1. The molecule has 1 aromatic carbocycles. The molecule has 3 aromatic rings. The van der Waals surface area contributed by atoms with E-state index in [0.29, 0.717) is 18.0 Å². The van der Waals surface area contributed by atoms with Crippen molar-refractivity contribution >= 4 is 17.2 Å². The number of carbonyl (C=O) groups excluding carboxylic acids is 1. The molecule has 0 saturated carbocycles. The molecule has 9 nitrogen and oxygen atoms in total. The summed E-state index contributed by atoms with van der Waals surface area (Å²) < 4.78 is 6.70. The first-order valence-corrected chi connectivity index (χ1v) is 9.10. The van der Waals surface area contributed by atoms with E-state index in [1.54, 1.807) is 0 Å². The second-order valence-corrected chi connectivity index (χ2v) is 7.11. The Morgan fingerprint density at radius 3 is 2.93 bits per heavy atom. The highest BCUT2D eigenvalue weighted by atomic mass is 32.1. The molecule has 1 unspecified atom stereocenters. The smallest absolute Gasteiger partial charge is 0.273 e. The molecule has 0 bridgehead atoms. The summed E-state index contributed by atoms with van der Waals surface area (Å²) in [6.07, 6.45) is 1.99. The zero-order valence-electron chi connectivity index (χ0n) is 14.2. The van der Waals surface area contributed by atoms with Gasteiger partial charge in [0.05, 0.1) is 32.0 Å². The molecule has 0 radical (unpaired) electrons. The van der Waals surface area contributed by atoms with Crippen LogP contribution in [0.25, 0.3) is 10.6 Å². The van der Waals surface area contributed by atoms with E-state index >= 15 is 0 Å². The van der Waals surface area contributed by atoms with Crippen molar-refractivity contribution in [1.29, 1.82) is 5.26 Å². The Balaban J connectivity index is 1.41. The quantitative estimate of drug-likeness (QED) is 0.709. The van der Waals surface area contributed by atoms with Crippen molar-refractivity contribution in [3.8, 4) is 16.6 Å². The first-order chi connectivity index (χ1) is 13.2. The molecular weight excluding hydrogens is 366 g/mol. The monoisotopic (exact) mass is 381 g/mol. The summed E-state index contributed by atoms with van der Waals surface area (Å²) >= 11 is 1.41. The van der Waals surface area contributed by atoms with E-state index in [0.717, 1.165) is 10.6 Å². The highest BCUT2D eigenvalue weighted by Gasteiger charge is 2.38. The lowest BCUT2D eigenvalue weighted by molar-refractivity contribution is 0.0945. The number of benzene rings is 1. The zero-order valence-corrected chi connectivity index (χ0v) is 15.0. The predicted molar refractivity (Wildman–Crippen MR) is 95.6 cm³/mol.